The average molecular weight is 286 g/mol. The molecule has 0 aliphatic heterocycles. The summed E-state index contributed by atoms with van der Waals surface area (Å²) in [5.41, 5.74) is 1.72. The van der Waals surface area contributed by atoms with Crippen LogP contribution < -0.4 is 0 Å². The number of aromatic nitrogens is 2. The van der Waals surface area contributed by atoms with Gasteiger partial charge in [0.15, 0.2) is 21.8 Å². The van der Waals surface area contributed by atoms with Crippen LogP contribution >= 0.6 is 23.1 Å². The van der Waals surface area contributed by atoms with Crippen molar-refractivity contribution >= 4 is 28.9 Å². The Balaban J connectivity index is 2.12. The van der Waals surface area contributed by atoms with Gasteiger partial charge in [-0.25, -0.2) is 8.78 Å². The van der Waals surface area contributed by atoms with Crippen LogP contribution in [-0.2, 0) is 0 Å². The van der Waals surface area contributed by atoms with Gasteiger partial charge in [-0.3, -0.25) is 4.79 Å². The molecule has 0 radical (unpaired) electrons. The number of benzene rings is 1. The Morgan fingerprint density at radius 1 is 1.39 bits per heavy atom. The predicted octanol–water partition coefficient (Wildman–Crippen LogP) is 3.18. The molecule has 18 heavy (non-hydrogen) atoms. The Labute approximate surface area is 110 Å². The summed E-state index contributed by atoms with van der Waals surface area (Å²) in [5, 5.41) is 7.04. The third kappa shape index (κ3) is 2.91. The third-order valence-electron chi connectivity index (χ3n) is 2.19. The molecule has 0 saturated carbocycles. The van der Waals surface area contributed by atoms with E-state index in [0.29, 0.717) is 4.34 Å². The monoisotopic (exact) mass is 286 g/mol. The fourth-order valence-electron chi connectivity index (χ4n) is 1.30. The number of Topliss-reactive ketones (excluding diaryl/α,β-unsaturated/α-hetero) is 1. The van der Waals surface area contributed by atoms with E-state index in [1.54, 1.807) is 12.4 Å². The molecule has 94 valence electrons. The van der Waals surface area contributed by atoms with Gasteiger partial charge < -0.3 is 0 Å². The van der Waals surface area contributed by atoms with Gasteiger partial charge in [0.05, 0.1) is 5.25 Å². The number of thioether (sulfide) groups is 1. The zero-order valence-electron chi connectivity index (χ0n) is 9.26. The number of hydrogen-bond acceptors (Lipinski definition) is 5. The summed E-state index contributed by atoms with van der Waals surface area (Å²) < 4.78 is 26.5. The van der Waals surface area contributed by atoms with Crippen LogP contribution in [0.25, 0.3) is 0 Å². The van der Waals surface area contributed by atoms with Crippen LogP contribution in [0.5, 0.6) is 0 Å². The highest BCUT2D eigenvalue weighted by Crippen LogP contribution is 2.26. The molecule has 2 aromatic rings. The average Bonchev–Trinajstić information content (AvgIpc) is 2.84. The second kappa shape index (κ2) is 5.53. The minimum absolute atomic E-state index is 0.151. The molecule has 0 spiro atoms. The molecule has 2 rings (SSSR count). The van der Waals surface area contributed by atoms with E-state index in [0.717, 1.165) is 12.1 Å². The van der Waals surface area contributed by atoms with Crippen LogP contribution in [0.3, 0.4) is 0 Å². The SMILES string of the molecule is C[C@H](Sc1nncs1)C(=O)c1ccc(F)c(F)c1. The summed E-state index contributed by atoms with van der Waals surface area (Å²) >= 11 is 2.57. The Morgan fingerprint density at radius 3 is 2.78 bits per heavy atom. The lowest BCUT2D eigenvalue weighted by atomic mass is 10.1. The molecule has 3 nitrogen and oxygen atoms in total. The van der Waals surface area contributed by atoms with E-state index in [4.69, 9.17) is 0 Å². The van der Waals surface area contributed by atoms with Crippen molar-refractivity contribution in [1.82, 2.24) is 10.2 Å². The Hall–Kier alpha value is -1.34. The molecule has 0 saturated heterocycles. The van der Waals surface area contributed by atoms with Crippen LogP contribution in [-0.4, -0.2) is 21.2 Å². The molecule has 0 N–H and O–H groups in total. The first-order valence-corrected chi connectivity index (χ1v) is 6.76. The van der Waals surface area contributed by atoms with Gasteiger partial charge in [-0.15, -0.1) is 10.2 Å². The fourth-order valence-corrected chi connectivity index (χ4v) is 3.01. The molecule has 7 heteroatoms. The topological polar surface area (TPSA) is 42.9 Å². The molecule has 0 amide bonds. The summed E-state index contributed by atoms with van der Waals surface area (Å²) in [7, 11) is 0. The van der Waals surface area contributed by atoms with E-state index in [1.807, 2.05) is 0 Å². The summed E-state index contributed by atoms with van der Waals surface area (Å²) in [6, 6.07) is 3.14. The minimum Gasteiger partial charge on any atom is -0.293 e. The number of halogens is 2. The molecule has 0 aliphatic rings. The van der Waals surface area contributed by atoms with Crippen molar-refractivity contribution in [2.24, 2.45) is 0 Å². The molecular weight excluding hydrogens is 278 g/mol. The van der Waals surface area contributed by atoms with Gasteiger partial charge in [0, 0.05) is 5.56 Å². The van der Waals surface area contributed by atoms with Crippen molar-refractivity contribution < 1.29 is 13.6 Å². The van der Waals surface area contributed by atoms with Crippen LogP contribution in [0.15, 0.2) is 28.0 Å². The van der Waals surface area contributed by atoms with E-state index < -0.39 is 16.9 Å². The third-order valence-corrected chi connectivity index (χ3v) is 4.10. The highest BCUT2D eigenvalue weighted by atomic mass is 32.2. The molecule has 0 unspecified atom stereocenters. The molecule has 1 atom stereocenters. The van der Waals surface area contributed by atoms with Gasteiger partial charge in [-0.1, -0.05) is 23.1 Å². The highest BCUT2D eigenvalue weighted by molar-refractivity contribution is 8.02. The Kier molecular flexibility index (Phi) is 4.03. The van der Waals surface area contributed by atoms with E-state index in [9.17, 15) is 13.6 Å². The van der Waals surface area contributed by atoms with E-state index in [1.165, 1.54) is 29.2 Å². The van der Waals surface area contributed by atoms with Crippen molar-refractivity contribution in [3.63, 3.8) is 0 Å². The predicted molar refractivity (Wildman–Crippen MR) is 65.9 cm³/mol. The van der Waals surface area contributed by atoms with Gasteiger partial charge >= 0.3 is 0 Å². The minimum atomic E-state index is -1.02. The molecule has 0 fully saturated rings. The lowest BCUT2D eigenvalue weighted by Crippen LogP contribution is -2.13. The number of rotatable bonds is 4. The number of carbonyl (C=O) groups is 1. The zero-order chi connectivity index (χ0) is 13.1. The van der Waals surface area contributed by atoms with E-state index in [-0.39, 0.29) is 11.3 Å². The number of hydrogen-bond donors (Lipinski definition) is 0. The summed E-state index contributed by atoms with van der Waals surface area (Å²) in [6.07, 6.45) is 0. The summed E-state index contributed by atoms with van der Waals surface area (Å²) in [6.45, 7) is 1.69. The number of ketones is 1. The van der Waals surface area contributed by atoms with Gasteiger partial charge in [0.2, 0.25) is 0 Å². The standard InChI is InChI=1S/C11H8F2N2OS2/c1-6(18-11-15-14-5-17-11)10(16)7-2-3-8(12)9(13)4-7/h2-6H,1H3/t6-/m0/s1. The Bertz CT molecular complexity index is 560. The number of nitrogens with zero attached hydrogens (tertiary/aromatic N) is 2. The zero-order valence-corrected chi connectivity index (χ0v) is 10.9. The van der Waals surface area contributed by atoms with Crippen LogP contribution in [0.4, 0.5) is 8.78 Å². The van der Waals surface area contributed by atoms with E-state index in [2.05, 4.69) is 10.2 Å². The molecule has 1 heterocycles. The second-order valence-corrected chi connectivity index (χ2v) is 5.88. The van der Waals surface area contributed by atoms with Crippen molar-refractivity contribution in [2.45, 2.75) is 16.5 Å². The summed E-state index contributed by atoms with van der Waals surface area (Å²) in [5.74, 6) is -2.25. The van der Waals surface area contributed by atoms with Gasteiger partial charge in [-0.05, 0) is 25.1 Å². The van der Waals surface area contributed by atoms with Gasteiger partial charge in [0.25, 0.3) is 0 Å². The van der Waals surface area contributed by atoms with Crippen molar-refractivity contribution in [3.05, 3.63) is 40.9 Å². The molecule has 1 aromatic carbocycles. The highest BCUT2D eigenvalue weighted by Gasteiger charge is 2.19. The van der Waals surface area contributed by atoms with Crippen LogP contribution in [0.1, 0.15) is 17.3 Å². The van der Waals surface area contributed by atoms with Crippen molar-refractivity contribution in [1.29, 1.82) is 0 Å². The maximum atomic E-state index is 13.0. The fraction of sp³-hybridized carbons (Fsp3) is 0.182. The first-order valence-electron chi connectivity index (χ1n) is 5.00. The first-order chi connectivity index (χ1) is 8.58. The van der Waals surface area contributed by atoms with Gasteiger partial charge in [-0.2, -0.15) is 0 Å². The smallest absolute Gasteiger partial charge is 0.176 e. The normalized spacial score (nSPS) is 12.4. The molecule has 0 bridgehead atoms. The van der Waals surface area contributed by atoms with Crippen molar-refractivity contribution in [2.75, 3.05) is 0 Å². The van der Waals surface area contributed by atoms with Crippen molar-refractivity contribution in [3.8, 4) is 0 Å². The quantitative estimate of drug-likeness (QED) is 0.639. The second-order valence-electron chi connectivity index (χ2n) is 3.46. The van der Waals surface area contributed by atoms with Gasteiger partial charge in [0.1, 0.15) is 5.51 Å². The lowest BCUT2D eigenvalue weighted by molar-refractivity contribution is 0.0993. The lowest BCUT2D eigenvalue weighted by Gasteiger charge is -2.08. The molecule has 1 aromatic heterocycles. The first kappa shape index (κ1) is 13.1. The molecule has 0 aliphatic carbocycles. The Morgan fingerprint density at radius 2 is 2.17 bits per heavy atom. The van der Waals surface area contributed by atoms with Crippen LogP contribution in [0, 0.1) is 11.6 Å². The molecular formula is C11H8F2N2OS2. The summed E-state index contributed by atoms with van der Waals surface area (Å²) in [4.78, 5) is 12.0. The largest absolute Gasteiger partial charge is 0.293 e. The van der Waals surface area contributed by atoms with Crippen LogP contribution in [0.2, 0.25) is 0 Å². The maximum Gasteiger partial charge on any atom is 0.176 e. The number of carbonyl (C=O) groups excluding carboxylic acids is 1. The van der Waals surface area contributed by atoms with E-state index >= 15 is 0 Å². The maximum absolute atomic E-state index is 13.0.